The van der Waals surface area contributed by atoms with Crippen molar-refractivity contribution in [1.29, 1.82) is 0 Å². The van der Waals surface area contributed by atoms with Crippen LogP contribution in [0.25, 0.3) is 0 Å². The summed E-state index contributed by atoms with van der Waals surface area (Å²) < 4.78 is 2.09. The second kappa shape index (κ2) is 6.46. The van der Waals surface area contributed by atoms with Gasteiger partial charge in [-0.25, -0.2) is 0 Å². The smallest absolute Gasteiger partial charge is 0.232 e. The van der Waals surface area contributed by atoms with Gasteiger partial charge in [0.2, 0.25) is 5.91 Å². The monoisotopic (exact) mass is 281 g/mol. The van der Waals surface area contributed by atoms with Gasteiger partial charge in [0, 0.05) is 19.3 Å². The van der Waals surface area contributed by atoms with Crippen molar-refractivity contribution in [2.75, 3.05) is 25.1 Å². The third-order valence-electron chi connectivity index (χ3n) is 3.75. The van der Waals surface area contributed by atoms with Crippen molar-refractivity contribution in [3.8, 4) is 0 Å². The molecule has 1 aromatic heterocycles. The third kappa shape index (κ3) is 3.53. The lowest BCUT2D eigenvalue weighted by Crippen LogP contribution is -2.40. The average Bonchev–Trinajstić information content (AvgIpc) is 2.89. The summed E-state index contributed by atoms with van der Waals surface area (Å²) in [7, 11) is 0. The van der Waals surface area contributed by atoms with Crippen molar-refractivity contribution in [3.63, 3.8) is 0 Å². The molecule has 5 heteroatoms. The van der Waals surface area contributed by atoms with E-state index in [4.69, 9.17) is 0 Å². The van der Waals surface area contributed by atoms with Gasteiger partial charge >= 0.3 is 0 Å². The summed E-state index contributed by atoms with van der Waals surface area (Å²) in [6.07, 6.45) is 8.13. The Morgan fingerprint density at radius 3 is 2.68 bits per heavy atom. The lowest BCUT2D eigenvalue weighted by atomic mass is 10.0. The zero-order chi connectivity index (χ0) is 13.8. The molecule has 1 aliphatic rings. The molecule has 2 rings (SSSR count). The quantitative estimate of drug-likeness (QED) is 0.851. The molecular formula is C14H23N3OS. The van der Waals surface area contributed by atoms with Crippen LogP contribution in [0.4, 0.5) is 0 Å². The number of aromatic nitrogens is 2. The predicted octanol–water partition coefficient (Wildman–Crippen LogP) is 2.53. The maximum atomic E-state index is 11.8. The Kier molecular flexibility index (Phi) is 4.91. The van der Waals surface area contributed by atoms with Crippen LogP contribution in [0.15, 0.2) is 12.4 Å². The van der Waals surface area contributed by atoms with Crippen molar-refractivity contribution >= 4 is 17.7 Å². The van der Waals surface area contributed by atoms with Crippen molar-refractivity contribution in [1.82, 2.24) is 14.7 Å². The molecule has 1 amide bonds. The highest BCUT2D eigenvalue weighted by Crippen LogP contribution is 2.24. The Bertz CT molecular complexity index is 422. The first kappa shape index (κ1) is 14.4. The van der Waals surface area contributed by atoms with E-state index in [1.165, 1.54) is 5.56 Å². The predicted molar refractivity (Wildman–Crippen MR) is 79.5 cm³/mol. The number of rotatable bonds is 4. The van der Waals surface area contributed by atoms with Gasteiger partial charge in [0.1, 0.15) is 0 Å². The Morgan fingerprint density at radius 2 is 2.16 bits per heavy atom. The van der Waals surface area contributed by atoms with Crippen LogP contribution >= 0.6 is 11.8 Å². The number of nitrogens with zero attached hydrogens (tertiary/aromatic N) is 3. The number of amides is 1. The van der Waals surface area contributed by atoms with Gasteiger partial charge in [-0.05, 0) is 30.6 Å². The molecule has 0 bridgehead atoms. The largest absolute Gasteiger partial charge is 0.342 e. The zero-order valence-electron chi connectivity index (χ0n) is 12.0. The van der Waals surface area contributed by atoms with Gasteiger partial charge < -0.3 is 4.90 Å². The lowest BCUT2D eigenvalue weighted by Gasteiger charge is -2.32. The van der Waals surface area contributed by atoms with Crippen molar-refractivity contribution in [2.45, 2.75) is 38.6 Å². The highest BCUT2D eigenvalue weighted by Gasteiger charge is 2.24. The van der Waals surface area contributed by atoms with Gasteiger partial charge in [-0.15, -0.1) is 0 Å². The van der Waals surface area contributed by atoms with E-state index in [9.17, 15) is 4.79 Å². The van der Waals surface area contributed by atoms with E-state index in [1.54, 1.807) is 11.8 Å². The summed E-state index contributed by atoms with van der Waals surface area (Å²) in [5, 5.41) is 4.48. The molecule has 1 aromatic rings. The number of hydrogen-bond acceptors (Lipinski definition) is 3. The molecule has 4 nitrogen and oxygen atoms in total. The second-order valence-corrected chi connectivity index (χ2v) is 6.32. The fourth-order valence-electron chi connectivity index (χ4n) is 2.45. The molecule has 1 fully saturated rings. The third-order valence-corrected chi connectivity index (χ3v) is 4.28. The molecule has 0 aromatic carbocycles. The fourth-order valence-corrected chi connectivity index (χ4v) is 2.87. The first-order valence-corrected chi connectivity index (χ1v) is 8.32. The highest BCUT2D eigenvalue weighted by molar-refractivity contribution is 7.99. The first-order valence-electron chi connectivity index (χ1n) is 6.92. The van der Waals surface area contributed by atoms with Crippen LogP contribution in [-0.4, -0.2) is 45.7 Å². The molecule has 19 heavy (non-hydrogen) atoms. The van der Waals surface area contributed by atoms with Crippen LogP contribution in [-0.2, 0) is 4.79 Å². The number of carbonyl (C=O) groups excluding carboxylic acids is 1. The number of likely N-dealkylation sites (tertiary alicyclic amines) is 1. The Labute approximate surface area is 119 Å². The molecule has 1 aliphatic heterocycles. The summed E-state index contributed by atoms with van der Waals surface area (Å²) in [5.74, 6) is 1.40. The normalized spacial score (nSPS) is 17.2. The molecule has 0 N–H and O–H groups in total. The minimum absolute atomic E-state index is 0.272. The Morgan fingerprint density at radius 1 is 1.47 bits per heavy atom. The lowest BCUT2D eigenvalue weighted by molar-refractivity contribution is -0.129. The van der Waals surface area contributed by atoms with Gasteiger partial charge in [0.15, 0.2) is 0 Å². The summed E-state index contributed by atoms with van der Waals surface area (Å²) in [5.41, 5.74) is 1.29. The molecule has 0 unspecified atom stereocenters. The summed E-state index contributed by atoms with van der Waals surface area (Å²) in [6.45, 7) is 6.10. The fraction of sp³-hybridized carbons (Fsp3) is 0.714. The minimum Gasteiger partial charge on any atom is -0.342 e. The van der Waals surface area contributed by atoms with Crippen LogP contribution in [0.1, 0.15) is 44.2 Å². The van der Waals surface area contributed by atoms with E-state index in [1.807, 2.05) is 17.4 Å². The average molecular weight is 281 g/mol. The van der Waals surface area contributed by atoms with E-state index in [2.05, 4.69) is 29.8 Å². The zero-order valence-corrected chi connectivity index (χ0v) is 12.8. The maximum absolute atomic E-state index is 11.8. The SMILES string of the molecule is CSCC(=O)N1CCC(n2cc(C(C)C)cn2)CC1. The topological polar surface area (TPSA) is 38.1 Å². The molecule has 0 atom stereocenters. The van der Waals surface area contributed by atoms with Crippen LogP contribution in [0.2, 0.25) is 0 Å². The highest BCUT2D eigenvalue weighted by atomic mass is 32.2. The van der Waals surface area contributed by atoms with Gasteiger partial charge in [0.25, 0.3) is 0 Å². The summed E-state index contributed by atoms with van der Waals surface area (Å²) >= 11 is 1.60. The summed E-state index contributed by atoms with van der Waals surface area (Å²) in [4.78, 5) is 13.8. The van der Waals surface area contributed by atoms with E-state index in [0.717, 1.165) is 25.9 Å². The van der Waals surface area contributed by atoms with Crippen molar-refractivity contribution < 1.29 is 4.79 Å². The summed E-state index contributed by atoms with van der Waals surface area (Å²) in [6, 6.07) is 0.450. The Hall–Kier alpha value is -0.970. The number of hydrogen-bond donors (Lipinski definition) is 0. The molecule has 0 saturated carbocycles. The maximum Gasteiger partial charge on any atom is 0.232 e. The van der Waals surface area contributed by atoms with Crippen molar-refractivity contribution in [2.24, 2.45) is 0 Å². The number of piperidine rings is 1. The van der Waals surface area contributed by atoms with Gasteiger partial charge in [-0.1, -0.05) is 13.8 Å². The van der Waals surface area contributed by atoms with Crippen LogP contribution in [0.3, 0.4) is 0 Å². The van der Waals surface area contributed by atoms with E-state index < -0.39 is 0 Å². The van der Waals surface area contributed by atoms with Crippen molar-refractivity contribution in [3.05, 3.63) is 18.0 Å². The van der Waals surface area contributed by atoms with Gasteiger partial charge in [-0.2, -0.15) is 16.9 Å². The Balaban J connectivity index is 1.90. The van der Waals surface area contributed by atoms with Gasteiger partial charge in [0.05, 0.1) is 18.0 Å². The minimum atomic E-state index is 0.272. The van der Waals surface area contributed by atoms with Gasteiger partial charge in [-0.3, -0.25) is 9.48 Å². The molecule has 0 aliphatic carbocycles. The van der Waals surface area contributed by atoms with Crippen LogP contribution in [0, 0.1) is 0 Å². The molecule has 2 heterocycles. The molecule has 106 valence electrons. The van der Waals surface area contributed by atoms with E-state index in [0.29, 0.717) is 17.7 Å². The van der Waals surface area contributed by atoms with E-state index >= 15 is 0 Å². The molecule has 0 spiro atoms. The van der Waals surface area contributed by atoms with Crippen LogP contribution in [0.5, 0.6) is 0 Å². The number of thioether (sulfide) groups is 1. The second-order valence-electron chi connectivity index (χ2n) is 5.45. The first-order chi connectivity index (χ1) is 9.11. The standard InChI is InChI=1S/C14H23N3OS/c1-11(2)12-8-15-17(9-12)13-4-6-16(7-5-13)14(18)10-19-3/h8-9,11,13H,4-7,10H2,1-3H3. The number of carbonyl (C=O) groups is 1. The molecule has 1 saturated heterocycles. The molecule has 0 radical (unpaired) electrons. The van der Waals surface area contributed by atoms with E-state index in [-0.39, 0.29) is 5.91 Å². The van der Waals surface area contributed by atoms with Crippen LogP contribution < -0.4 is 0 Å². The molecular weight excluding hydrogens is 258 g/mol.